The molecule has 0 amide bonds. The molecule has 1 N–H and O–H groups in total. The van der Waals surface area contributed by atoms with Crippen LogP contribution in [0.2, 0.25) is 5.02 Å². The van der Waals surface area contributed by atoms with Crippen molar-refractivity contribution in [1.82, 2.24) is 4.57 Å². The summed E-state index contributed by atoms with van der Waals surface area (Å²) in [7, 11) is 1.46. The van der Waals surface area contributed by atoms with Crippen LogP contribution in [0.25, 0.3) is 10.9 Å². The number of rotatable bonds is 6. The van der Waals surface area contributed by atoms with E-state index in [4.69, 9.17) is 16.3 Å². The first-order valence-electron chi connectivity index (χ1n) is 8.70. The average molecular weight is 418 g/mol. The first-order chi connectivity index (χ1) is 13.7. The van der Waals surface area contributed by atoms with Crippen LogP contribution in [0.4, 0.5) is 4.39 Å². The summed E-state index contributed by atoms with van der Waals surface area (Å²) in [6, 6.07) is 8.43. The molecule has 8 heteroatoms. The van der Waals surface area contributed by atoms with Crippen LogP contribution < -0.4 is 10.3 Å². The molecule has 0 saturated heterocycles. The van der Waals surface area contributed by atoms with Crippen molar-refractivity contribution in [3.63, 3.8) is 0 Å². The molecule has 3 aromatic rings. The van der Waals surface area contributed by atoms with Crippen LogP contribution in [-0.2, 0) is 11.8 Å². The van der Waals surface area contributed by atoms with E-state index in [0.717, 1.165) is 0 Å². The smallest absolute Gasteiger partial charge is 0.265 e. The van der Waals surface area contributed by atoms with Gasteiger partial charge < -0.3 is 19.2 Å². The van der Waals surface area contributed by atoms with Crippen LogP contribution in [0.1, 0.15) is 30.1 Å². The van der Waals surface area contributed by atoms with E-state index < -0.39 is 22.9 Å². The van der Waals surface area contributed by atoms with Gasteiger partial charge in [-0.1, -0.05) is 11.6 Å². The summed E-state index contributed by atoms with van der Waals surface area (Å²) in [4.78, 5) is 36.1. The van der Waals surface area contributed by atoms with Gasteiger partial charge in [0.05, 0.1) is 10.5 Å². The van der Waals surface area contributed by atoms with E-state index in [9.17, 15) is 23.9 Å². The molecule has 2 aromatic carbocycles. The highest BCUT2D eigenvalue weighted by Crippen LogP contribution is 2.32. The summed E-state index contributed by atoms with van der Waals surface area (Å²) in [5, 5.41) is 10.7. The molecule has 0 aliphatic carbocycles. The minimum atomic E-state index is -0.675. The Hall–Kier alpha value is -3.19. The zero-order valence-electron chi connectivity index (χ0n) is 15.7. The highest BCUT2D eigenvalue weighted by molar-refractivity contribution is 6.30. The minimum Gasteiger partial charge on any atom is -0.506 e. The van der Waals surface area contributed by atoms with Crippen molar-refractivity contribution >= 4 is 34.1 Å². The number of ether oxygens (including phenoxy) is 1. The topological polar surface area (TPSA) is 85.6 Å². The number of hydrogen-bond acceptors (Lipinski definition) is 5. The van der Waals surface area contributed by atoms with Crippen molar-refractivity contribution in [2.75, 3.05) is 0 Å². The highest BCUT2D eigenvalue weighted by atomic mass is 35.5. The molecule has 6 nitrogen and oxygen atoms in total. The lowest BCUT2D eigenvalue weighted by Gasteiger charge is -2.13. The maximum atomic E-state index is 13.3. The predicted octanol–water partition coefficient (Wildman–Crippen LogP) is 4.38. The van der Waals surface area contributed by atoms with Gasteiger partial charge in [0, 0.05) is 37.4 Å². The van der Waals surface area contributed by atoms with Gasteiger partial charge in [-0.3, -0.25) is 9.59 Å². The van der Waals surface area contributed by atoms with Crippen molar-refractivity contribution in [3.05, 3.63) is 63.2 Å². The molecule has 0 bridgehead atoms. The highest BCUT2D eigenvalue weighted by Gasteiger charge is 2.21. The molecule has 1 heterocycles. The Bertz CT molecular complexity index is 1200. The quantitative estimate of drug-likeness (QED) is 0.601. The van der Waals surface area contributed by atoms with Crippen molar-refractivity contribution in [2.24, 2.45) is 7.05 Å². The molecule has 0 fully saturated rings. The van der Waals surface area contributed by atoms with Crippen LogP contribution in [-0.4, -0.2) is 21.2 Å². The fourth-order valence-electron chi connectivity index (χ4n) is 2.91. The van der Waals surface area contributed by atoms with Crippen LogP contribution >= 0.6 is 11.6 Å². The number of halogens is 2. The Kier molecular flexibility index (Phi) is 5.70. The summed E-state index contributed by atoms with van der Waals surface area (Å²) in [5.74, 6) is -1.18. The van der Waals surface area contributed by atoms with Crippen molar-refractivity contribution in [2.45, 2.75) is 19.8 Å². The van der Waals surface area contributed by atoms with Crippen LogP contribution in [0.3, 0.4) is 0 Å². The third kappa shape index (κ3) is 4.14. The normalized spacial score (nSPS) is 10.9. The molecule has 1 aromatic heterocycles. The third-order valence-electron chi connectivity index (χ3n) is 4.45. The molecular formula is C21H17ClFNO5. The average Bonchev–Trinajstić information content (AvgIpc) is 2.67. The number of carbonyl (C=O) groups is 2. The largest absolute Gasteiger partial charge is 0.506 e. The lowest BCUT2D eigenvalue weighted by Crippen LogP contribution is -2.25. The zero-order chi connectivity index (χ0) is 21.3. The fourth-order valence-corrected chi connectivity index (χ4v) is 3.08. The number of aromatic hydroxyl groups is 1. The number of aryl methyl sites for hydroxylation is 1. The maximum absolute atomic E-state index is 13.3. The summed E-state index contributed by atoms with van der Waals surface area (Å²) in [6.45, 7) is 1.35. The Morgan fingerprint density at radius 3 is 2.45 bits per heavy atom. The van der Waals surface area contributed by atoms with Crippen LogP contribution in [0.5, 0.6) is 17.2 Å². The SMILES string of the molecule is CC(=O)CCC(=O)c1c(O)c2ccc(Oc3ccc(F)c(Cl)c3)cc2n(C)c1=O. The van der Waals surface area contributed by atoms with E-state index in [0.29, 0.717) is 17.0 Å². The number of fused-ring (bicyclic) bond motifs is 1. The van der Waals surface area contributed by atoms with Gasteiger partial charge in [-0.15, -0.1) is 0 Å². The number of hydrogen-bond donors (Lipinski definition) is 1. The fraction of sp³-hybridized carbons (Fsp3) is 0.190. The zero-order valence-corrected chi connectivity index (χ0v) is 16.4. The number of Topliss-reactive ketones (excluding diaryl/α,β-unsaturated/α-hetero) is 2. The van der Waals surface area contributed by atoms with E-state index in [-0.39, 0.29) is 34.6 Å². The van der Waals surface area contributed by atoms with E-state index in [2.05, 4.69) is 0 Å². The first-order valence-corrected chi connectivity index (χ1v) is 9.08. The van der Waals surface area contributed by atoms with E-state index in [1.807, 2.05) is 0 Å². The molecule has 29 heavy (non-hydrogen) atoms. The molecule has 0 saturated carbocycles. The predicted molar refractivity (Wildman–Crippen MR) is 107 cm³/mol. The molecule has 150 valence electrons. The van der Waals surface area contributed by atoms with Gasteiger partial charge in [0.15, 0.2) is 5.78 Å². The maximum Gasteiger partial charge on any atom is 0.265 e. The van der Waals surface area contributed by atoms with Gasteiger partial charge in [0.25, 0.3) is 5.56 Å². The molecule has 0 unspecified atom stereocenters. The van der Waals surface area contributed by atoms with Crippen molar-refractivity contribution in [1.29, 1.82) is 0 Å². The van der Waals surface area contributed by atoms with E-state index >= 15 is 0 Å². The lowest BCUT2D eigenvalue weighted by atomic mass is 10.0. The summed E-state index contributed by atoms with van der Waals surface area (Å²) >= 11 is 5.75. The minimum absolute atomic E-state index is 0.00747. The standard InChI is InChI=1S/C21H17ClFNO5/c1-11(25)3-8-18(26)19-20(27)14-6-4-13(10-17(14)24(2)21(19)28)29-12-5-7-16(23)15(22)9-12/h4-7,9-10,27H,3,8H2,1-2H3. The third-order valence-corrected chi connectivity index (χ3v) is 4.74. The second kappa shape index (κ2) is 8.05. The number of nitrogens with zero attached hydrogens (tertiary/aromatic N) is 1. The van der Waals surface area contributed by atoms with Gasteiger partial charge in [-0.25, -0.2) is 4.39 Å². The monoisotopic (exact) mass is 417 g/mol. The van der Waals surface area contributed by atoms with Gasteiger partial charge in [0.1, 0.15) is 34.4 Å². The Morgan fingerprint density at radius 1 is 1.14 bits per heavy atom. The van der Waals surface area contributed by atoms with Gasteiger partial charge in [-0.05, 0) is 31.2 Å². The van der Waals surface area contributed by atoms with Gasteiger partial charge in [-0.2, -0.15) is 0 Å². The summed E-state index contributed by atoms with van der Waals surface area (Å²) in [6.07, 6.45) is -0.164. The number of ketones is 2. The van der Waals surface area contributed by atoms with Crippen molar-refractivity contribution < 1.29 is 23.8 Å². The number of pyridine rings is 1. The van der Waals surface area contributed by atoms with Crippen LogP contribution in [0, 0.1) is 5.82 Å². The number of benzene rings is 2. The lowest BCUT2D eigenvalue weighted by molar-refractivity contribution is -0.116. The van der Waals surface area contributed by atoms with E-state index in [1.54, 1.807) is 0 Å². The van der Waals surface area contributed by atoms with Gasteiger partial charge in [0.2, 0.25) is 0 Å². The number of carbonyl (C=O) groups excluding carboxylic acids is 2. The molecule has 0 atom stereocenters. The molecule has 3 rings (SSSR count). The molecular weight excluding hydrogens is 401 g/mol. The molecule has 0 spiro atoms. The molecule has 0 aliphatic rings. The van der Waals surface area contributed by atoms with Crippen molar-refractivity contribution in [3.8, 4) is 17.2 Å². The first kappa shape index (κ1) is 20.5. The Labute approximate surface area is 170 Å². The number of aromatic nitrogens is 1. The summed E-state index contributed by atoms with van der Waals surface area (Å²) in [5.41, 5.74) is -0.688. The second-order valence-corrected chi connectivity index (χ2v) is 6.98. The molecule has 0 aliphatic heterocycles. The van der Waals surface area contributed by atoms with E-state index in [1.165, 1.54) is 54.9 Å². The Balaban J connectivity index is 2.03. The van der Waals surface area contributed by atoms with Gasteiger partial charge >= 0.3 is 0 Å². The molecule has 0 radical (unpaired) electrons. The summed E-state index contributed by atoms with van der Waals surface area (Å²) < 4.78 is 20.2. The van der Waals surface area contributed by atoms with Crippen LogP contribution in [0.15, 0.2) is 41.2 Å². The Morgan fingerprint density at radius 2 is 1.79 bits per heavy atom. The second-order valence-electron chi connectivity index (χ2n) is 6.57.